The molecule has 0 bridgehead atoms. The van der Waals surface area contributed by atoms with Gasteiger partial charge in [0.1, 0.15) is 6.23 Å². The van der Waals surface area contributed by atoms with Crippen LogP contribution in [0.4, 0.5) is 17.1 Å². The molecule has 0 amide bonds. The van der Waals surface area contributed by atoms with Gasteiger partial charge in [0.15, 0.2) is 0 Å². The monoisotopic (exact) mass is 386 g/mol. The van der Waals surface area contributed by atoms with Crippen molar-refractivity contribution in [2.24, 2.45) is 4.99 Å². The fraction of sp³-hybridized carbons (Fsp3) is 0.333. The lowest BCUT2D eigenvalue weighted by Crippen LogP contribution is -2.28. The number of aromatic nitrogens is 2. The van der Waals surface area contributed by atoms with Crippen molar-refractivity contribution in [1.29, 1.82) is 0 Å². The molecule has 2 aliphatic rings. The Kier molecular flexibility index (Phi) is 4.68. The molecule has 0 N–H and O–H groups in total. The van der Waals surface area contributed by atoms with Crippen LogP contribution in [0.3, 0.4) is 0 Å². The molecule has 5 rings (SSSR count). The van der Waals surface area contributed by atoms with E-state index < -0.39 is 0 Å². The summed E-state index contributed by atoms with van der Waals surface area (Å²) >= 11 is 0. The first kappa shape index (κ1) is 18.1. The number of aryl methyl sites for hydroxylation is 2. The van der Waals surface area contributed by atoms with E-state index >= 15 is 0 Å². The molecule has 0 aliphatic carbocycles. The maximum Gasteiger partial charge on any atom is 0.150 e. The molecular formula is C24H26N4O. The van der Waals surface area contributed by atoms with Crippen LogP contribution < -0.4 is 4.90 Å². The van der Waals surface area contributed by atoms with Gasteiger partial charge in [-0.25, -0.2) is 9.67 Å². The van der Waals surface area contributed by atoms with Crippen molar-refractivity contribution in [2.45, 2.75) is 39.3 Å². The third-order valence-electron chi connectivity index (χ3n) is 5.64. The van der Waals surface area contributed by atoms with Gasteiger partial charge in [-0.2, -0.15) is 5.10 Å². The Morgan fingerprint density at radius 2 is 1.86 bits per heavy atom. The minimum Gasteiger partial charge on any atom is -0.357 e. The number of benzene rings is 2. The number of hydrogen-bond donors (Lipinski definition) is 0. The molecule has 1 aromatic heterocycles. The van der Waals surface area contributed by atoms with Crippen LogP contribution in [-0.4, -0.2) is 28.6 Å². The van der Waals surface area contributed by atoms with Crippen LogP contribution in [0.2, 0.25) is 0 Å². The molecule has 148 valence electrons. The van der Waals surface area contributed by atoms with Gasteiger partial charge in [0.25, 0.3) is 0 Å². The van der Waals surface area contributed by atoms with Crippen molar-refractivity contribution in [3.05, 3.63) is 71.5 Å². The SMILES string of the molecule is Cc1cc(C)cc(N2CC(c3cnn(C4CCCCO4)c3)=Nc3ccccc32)c1. The van der Waals surface area contributed by atoms with Crippen molar-refractivity contribution in [2.75, 3.05) is 18.1 Å². The lowest BCUT2D eigenvalue weighted by molar-refractivity contribution is -0.0394. The Morgan fingerprint density at radius 3 is 2.66 bits per heavy atom. The summed E-state index contributed by atoms with van der Waals surface area (Å²) in [5.74, 6) is 0. The number of ether oxygens (including phenoxy) is 1. The summed E-state index contributed by atoms with van der Waals surface area (Å²) in [7, 11) is 0. The summed E-state index contributed by atoms with van der Waals surface area (Å²) in [6.45, 7) is 5.83. The average Bonchev–Trinajstić information content (AvgIpc) is 3.23. The van der Waals surface area contributed by atoms with Gasteiger partial charge in [-0.15, -0.1) is 0 Å². The maximum atomic E-state index is 5.89. The van der Waals surface area contributed by atoms with E-state index in [4.69, 9.17) is 9.73 Å². The van der Waals surface area contributed by atoms with Gasteiger partial charge in [0.05, 0.1) is 29.8 Å². The highest BCUT2D eigenvalue weighted by Crippen LogP contribution is 2.38. The van der Waals surface area contributed by atoms with E-state index in [-0.39, 0.29) is 6.23 Å². The summed E-state index contributed by atoms with van der Waals surface area (Å²) in [5, 5.41) is 4.59. The van der Waals surface area contributed by atoms with Crippen LogP contribution in [0, 0.1) is 13.8 Å². The molecule has 1 fully saturated rings. The normalized spacial score (nSPS) is 19.0. The van der Waals surface area contributed by atoms with E-state index in [1.165, 1.54) is 23.2 Å². The number of nitrogens with zero attached hydrogens (tertiary/aromatic N) is 4. The average molecular weight is 386 g/mol. The smallest absolute Gasteiger partial charge is 0.150 e. The molecule has 1 saturated heterocycles. The molecule has 1 unspecified atom stereocenters. The molecule has 5 heteroatoms. The van der Waals surface area contributed by atoms with Gasteiger partial charge >= 0.3 is 0 Å². The molecule has 0 radical (unpaired) electrons. The van der Waals surface area contributed by atoms with Gasteiger partial charge in [0.2, 0.25) is 0 Å². The molecule has 1 atom stereocenters. The Hall–Kier alpha value is -2.92. The largest absolute Gasteiger partial charge is 0.357 e. The van der Waals surface area contributed by atoms with Crippen LogP contribution in [0.1, 0.15) is 42.2 Å². The van der Waals surface area contributed by atoms with Crippen molar-refractivity contribution in [3.63, 3.8) is 0 Å². The summed E-state index contributed by atoms with van der Waals surface area (Å²) in [6, 6.07) is 15.0. The highest BCUT2D eigenvalue weighted by atomic mass is 16.5. The predicted octanol–water partition coefficient (Wildman–Crippen LogP) is 5.47. The second-order valence-electron chi connectivity index (χ2n) is 8.01. The van der Waals surface area contributed by atoms with Crippen LogP contribution in [-0.2, 0) is 4.74 Å². The van der Waals surface area contributed by atoms with Crippen LogP contribution in [0.15, 0.2) is 59.9 Å². The Labute approximate surface area is 171 Å². The maximum absolute atomic E-state index is 5.89. The fourth-order valence-electron chi connectivity index (χ4n) is 4.27. The minimum absolute atomic E-state index is 0.0458. The molecule has 3 heterocycles. The van der Waals surface area contributed by atoms with Crippen LogP contribution in [0.25, 0.3) is 0 Å². The molecule has 2 aliphatic heterocycles. The van der Waals surface area contributed by atoms with Gasteiger partial charge in [-0.3, -0.25) is 0 Å². The van der Waals surface area contributed by atoms with Gasteiger partial charge in [-0.1, -0.05) is 18.2 Å². The van der Waals surface area contributed by atoms with Gasteiger partial charge in [0, 0.05) is 24.1 Å². The first-order valence-electron chi connectivity index (χ1n) is 10.4. The first-order valence-corrected chi connectivity index (χ1v) is 10.4. The molecular weight excluding hydrogens is 360 g/mol. The second-order valence-corrected chi connectivity index (χ2v) is 8.01. The quantitative estimate of drug-likeness (QED) is 0.599. The number of aliphatic imine (C=N–C) groups is 1. The molecule has 5 nitrogen and oxygen atoms in total. The van der Waals surface area contributed by atoms with E-state index in [1.54, 1.807) is 0 Å². The van der Waals surface area contributed by atoms with Crippen molar-refractivity contribution < 1.29 is 4.74 Å². The zero-order chi connectivity index (χ0) is 19.8. The number of fused-ring (bicyclic) bond motifs is 1. The standard InChI is InChI=1S/C24H26N4O/c1-17-11-18(2)13-20(12-17)27-16-22(26-21-7-3-4-8-23(21)27)19-14-25-28(15-19)24-9-5-6-10-29-24/h3-4,7-8,11-15,24H,5-6,9-10,16H2,1-2H3. The highest BCUT2D eigenvalue weighted by Gasteiger charge is 2.24. The van der Waals surface area contributed by atoms with Crippen molar-refractivity contribution in [1.82, 2.24) is 9.78 Å². The third-order valence-corrected chi connectivity index (χ3v) is 5.64. The first-order chi connectivity index (χ1) is 14.2. The van der Waals surface area contributed by atoms with E-state index in [9.17, 15) is 0 Å². The zero-order valence-electron chi connectivity index (χ0n) is 17.0. The predicted molar refractivity (Wildman–Crippen MR) is 117 cm³/mol. The molecule has 0 saturated carbocycles. The minimum atomic E-state index is 0.0458. The lowest BCUT2D eigenvalue weighted by Gasteiger charge is -2.31. The Balaban J connectivity index is 1.52. The fourth-order valence-corrected chi connectivity index (χ4v) is 4.27. The number of rotatable bonds is 3. The lowest BCUT2D eigenvalue weighted by atomic mass is 10.1. The summed E-state index contributed by atoms with van der Waals surface area (Å²) in [5.41, 5.74) is 7.96. The second kappa shape index (κ2) is 7.48. The third kappa shape index (κ3) is 3.58. The number of anilines is 2. The van der Waals surface area contributed by atoms with Gasteiger partial charge < -0.3 is 9.64 Å². The zero-order valence-corrected chi connectivity index (χ0v) is 17.0. The number of hydrogen-bond acceptors (Lipinski definition) is 4. The topological polar surface area (TPSA) is 42.7 Å². The van der Waals surface area contributed by atoms with Crippen LogP contribution in [0.5, 0.6) is 0 Å². The van der Waals surface area contributed by atoms with E-state index in [1.807, 2.05) is 16.9 Å². The summed E-state index contributed by atoms with van der Waals surface area (Å²) in [6.07, 6.45) is 7.40. The van der Waals surface area contributed by atoms with Crippen LogP contribution >= 0.6 is 0 Å². The van der Waals surface area contributed by atoms with E-state index in [2.05, 4.69) is 66.4 Å². The van der Waals surface area contributed by atoms with Gasteiger partial charge in [-0.05, 0) is 68.5 Å². The van der Waals surface area contributed by atoms with Crippen molar-refractivity contribution in [3.8, 4) is 0 Å². The van der Waals surface area contributed by atoms with E-state index in [0.717, 1.165) is 48.6 Å². The summed E-state index contributed by atoms with van der Waals surface area (Å²) < 4.78 is 7.84. The Bertz CT molecular complexity index is 1040. The summed E-state index contributed by atoms with van der Waals surface area (Å²) in [4.78, 5) is 7.33. The van der Waals surface area contributed by atoms with E-state index in [0.29, 0.717) is 0 Å². The highest BCUT2D eigenvalue weighted by molar-refractivity contribution is 6.08. The number of para-hydroxylation sites is 2. The molecule has 2 aromatic carbocycles. The molecule has 3 aromatic rings. The molecule has 0 spiro atoms. The Morgan fingerprint density at radius 1 is 1.03 bits per heavy atom. The van der Waals surface area contributed by atoms with Crippen molar-refractivity contribution >= 4 is 22.8 Å². The molecule has 29 heavy (non-hydrogen) atoms.